The average Bonchev–Trinajstić information content (AvgIpc) is 3.53. The van der Waals surface area contributed by atoms with Crippen molar-refractivity contribution in [3.63, 3.8) is 0 Å². The second-order valence-corrected chi connectivity index (χ2v) is 11.1. The predicted octanol–water partition coefficient (Wildman–Crippen LogP) is 2.57. The number of methoxy groups -OCH3 is 2. The van der Waals surface area contributed by atoms with E-state index in [0.29, 0.717) is 22.3 Å². The van der Waals surface area contributed by atoms with Gasteiger partial charge in [0.05, 0.1) is 23.0 Å². The van der Waals surface area contributed by atoms with Crippen LogP contribution in [0.25, 0.3) is 0 Å². The summed E-state index contributed by atoms with van der Waals surface area (Å²) in [5, 5.41) is 9.59. The predicted molar refractivity (Wildman–Crippen MR) is 133 cm³/mol. The highest BCUT2D eigenvalue weighted by Crippen LogP contribution is 2.20. The van der Waals surface area contributed by atoms with Gasteiger partial charge in [-0.15, -0.1) is 11.3 Å². The molecule has 3 rings (SSSR count). The summed E-state index contributed by atoms with van der Waals surface area (Å²) in [6, 6.07) is 5.83. The van der Waals surface area contributed by atoms with Gasteiger partial charge >= 0.3 is 0 Å². The third-order valence-corrected chi connectivity index (χ3v) is 8.06. The second-order valence-electron chi connectivity index (χ2n) is 7.00. The molecule has 0 spiro atoms. The van der Waals surface area contributed by atoms with Crippen LogP contribution in [0, 0.1) is 0 Å². The normalized spacial score (nSPS) is 12.2. The second kappa shape index (κ2) is 12.8. The number of benzene rings is 1. The molecular weight excluding hydrogens is 514 g/mol. The van der Waals surface area contributed by atoms with Gasteiger partial charge in [-0.1, -0.05) is 28.6 Å². The zero-order valence-corrected chi connectivity index (χ0v) is 21.8. The number of oxime groups is 1. The average molecular weight is 540 g/mol. The maximum Gasteiger partial charge on any atom is 0.280 e. The van der Waals surface area contributed by atoms with E-state index in [9.17, 15) is 13.2 Å². The van der Waals surface area contributed by atoms with Gasteiger partial charge in [0.25, 0.3) is 5.91 Å². The van der Waals surface area contributed by atoms with Crippen LogP contribution in [-0.4, -0.2) is 68.7 Å². The van der Waals surface area contributed by atoms with Crippen LogP contribution in [0.5, 0.6) is 0 Å². The summed E-state index contributed by atoms with van der Waals surface area (Å²) in [5.41, 5.74) is 0.329. The Hall–Kier alpha value is -2.75. The summed E-state index contributed by atoms with van der Waals surface area (Å²) in [7, 11) is 0.829. The van der Waals surface area contributed by atoms with Crippen molar-refractivity contribution in [2.75, 3.05) is 39.7 Å². The number of nitrogens with zero attached hydrogens (tertiary/aromatic N) is 4. The fourth-order valence-electron chi connectivity index (χ4n) is 2.74. The first-order valence-electron chi connectivity index (χ1n) is 10.2. The van der Waals surface area contributed by atoms with E-state index in [1.165, 1.54) is 65.4 Å². The molecular formula is C21H25N5O6S3. The number of carbonyl (C=O) groups is 1. The van der Waals surface area contributed by atoms with E-state index in [0.717, 1.165) is 4.88 Å². The highest BCUT2D eigenvalue weighted by Gasteiger charge is 2.22. The van der Waals surface area contributed by atoms with Crippen molar-refractivity contribution in [3.8, 4) is 0 Å². The lowest BCUT2D eigenvalue weighted by atomic mass is 10.1. The fourth-order valence-corrected chi connectivity index (χ4v) is 5.19. The van der Waals surface area contributed by atoms with Crippen molar-refractivity contribution < 1.29 is 27.5 Å². The fraction of sp³-hybridized carbons (Fsp3) is 0.333. The molecule has 0 aliphatic heterocycles. The van der Waals surface area contributed by atoms with E-state index in [-0.39, 0.29) is 30.4 Å². The molecule has 188 valence electrons. The first kappa shape index (κ1) is 26.8. The van der Waals surface area contributed by atoms with Gasteiger partial charge in [-0.25, -0.2) is 18.4 Å². The first-order chi connectivity index (χ1) is 16.8. The number of anilines is 1. The number of sulfonamides is 1. The Labute approximate surface area is 211 Å². The highest BCUT2D eigenvalue weighted by atomic mass is 32.2. The van der Waals surface area contributed by atoms with Gasteiger partial charge in [-0.05, 0) is 12.1 Å². The van der Waals surface area contributed by atoms with Crippen LogP contribution in [0.4, 0.5) is 5.13 Å². The van der Waals surface area contributed by atoms with E-state index in [1.807, 2.05) is 0 Å². The Bertz CT molecular complexity index is 1230. The number of amides is 1. The molecule has 3 aromatic rings. The zero-order chi connectivity index (χ0) is 25.3. The molecule has 35 heavy (non-hydrogen) atoms. The summed E-state index contributed by atoms with van der Waals surface area (Å²) in [6.07, 6.45) is 3.25. The lowest BCUT2D eigenvalue weighted by Gasteiger charge is -2.17. The standard InChI is InChI=1S/C21H25N5O6S3/c1-26(9-10-30-2)35(28,29)17-6-4-15(5-7-17)19(25-32-14-18-22-8-11-33-18)20(27)24-21-23-12-16(34-21)13-31-3/h4-8,11-12H,9-10,13-14H2,1-3H3,(H,23,24,27). The number of likely N-dealkylation sites (N-methyl/N-ethyl adjacent to an activating group) is 1. The van der Waals surface area contributed by atoms with Crippen molar-refractivity contribution >= 4 is 49.4 Å². The molecule has 11 nitrogen and oxygen atoms in total. The topological polar surface area (TPSA) is 132 Å². The van der Waals surface area contributed by atoms with Crippen LogP contribution in [-0.2, 0) is 42.3 Å². The Kier molecular flexibility index (Phi) is 9.83. The minimum absolute atomic E-state index is 0.0401. The van der Waals surface area contributed by atoms with Crippen molar-refractivity contribution in [3.05, 3.63) is 57.5 Å². The van der Waals surface area contributed by atoms with E-state index >= 15 is 0 Å². The van der Waals surface area contributed by atoms with Crippen LogP contribution >= 0.6 is 22.7 Å². The summed E-state index contributed by atoms with van der Waals surface area (Å²) in [6.45, 7) is 0.934. The molecule has 0 bridgehead atoms. The maximum absolute atomic E-state index is 13.0. The van der Waals surface area contributed by atoms with Crippen molar-refractivity contribution in [1.29, 1.82) is 0 Å². The van der Waals surface area contributed by atoms with Gasteiger partial charge in [-0.2, -0.15) is 4.31 Å². The smallest absolute Gasteiger partial charge is 0.280 e. The quantitative estimate of drug-likeness (QED) is 0.259. The Morgan fingerprint density at radius 3 is 2.57 bits per heavy atom. The highest BCUT2D eigenvalue weighted by molar-refractivity contribution is 7.89. The molecule has 1 amide bonds. The van der Waals surface area contributed by atoms with E-state index in [2.05, 4.69) is 20.4 Å². The van der Waals surface area contributed by atoms with Crippen molar-refractivity contribution in [2.24, 2.45) is 5.16 Å². The molecule has 0 saturated carbocycles. The Morgan fingerprint density at radius 1 is 1.14 bits per heavy atom. The molecule has 14 heteroatoms. The SMILES string of the molecule is COCCN(C)S(=O)(=O)c1ccc(C(=NOCc2nccs2)C(=O)Nc2ncc(COC)s2)cc1. The maximum atomic E-state index is 13.0. The number of thiazole rings is 2. The summed E-state index contributed by atoms with van der Waals surface area (Å²) < 4.78 is 36.8. The van der Waals surface area contributed by atoms with E-state index in [1.54, 1.807) is 24.9 Å². The van der Waals surface area contributed by atoms with Gasteiger partial charge < -0.3 is 14.3 Å². The van der Waals surface area contributed by atoms with Gasteiger partial charge in [0, 0.05) is 51.1 Å². The number of nitrogens with one attached hydrogen (secondary N) is 1. The minimum Gasteiger partial charge on any atom is -0.388 e. The zero-order valence-electron chi connectivity index (χ0n) is 19.3. The number of aromatic nitrogens is 2. The van der Waals surface area contributed by atoms with Gasteiger partial charge in [0.2, 0.25) is 10.0 Å². The Balaban J connectivity index is 1.82. The lowest BCUT2D eigenvalue weighted by molar-refractivity contribution is -0.110. The number of hydrogen-bond acceptors (Lipinski definition) is 11. The van der Waals surface area contributed by atoms with Crippen molar-refractivity contribution in [1.82, 2.24) is 14.3 Å². The molecule has 0 unspecified atom stereocenters. The first-order valence-corrected chi connectivity index (χ1v) is 13.4. The Morgan fingerprint density at radius 2 is 1.91 bits per heavy atom. The molecule has 0 atom stereocenters. The van der Waals surface area contributed by atoms with E-state index in [4.69, 9.17) is 14.3 Å². The monoisotopic (exact) mass is 539 g/mol. The molecule has 0 aliphatic rings. The summed E-state index contributed by atoms with van der Waals surface area (Å²) >= 11 is 2.66. The largest absolute Gasteiger partial charge is 0.388 e. The number of rotatable bonds is 13. The summed E-state index contributed by atoms with van der Waals surface area (Å²) in [5.74, 6) is -0.560. The molecule has 0 saturated heterocycles. The molecule has 1 N–H and O–H groups in total. The number of ether oxygens (including phenoxy) is 2. The van der Waals surface area contributed by atoms with Crippen LogP contribution in [0.15, 0.2) is 52.1 Å². The molecule has 2 aromatic heterocycles. The van der Waals surface area contributed by atoms with Gasteiger partial charge in [0.1, 0.15) is 5.01 Å². The number of carbonyl (C=O) groups excluding carboxylic acids is 1. The lowest BCUT2D eigenvalue weighted by Crippen LogP contribution is -2.30. The van der Waals surface area contributed by atoms with Gasteiger partial charge in [0.15, 0.2) is 17.5 Å². The molecule has 0 radical (unpaired) electrons. The van der Waals surface area contributed by atoms with Crippen molar-refractivity contribution in [2.45, 2.75) is 18.1 Å². The van der Waals surface area contributed by atoms with E-state index < -0.39 is 15.9 Å². The number of hydrogen-bond donors (Lipinski definition) is 1. The van der Waals surface area contributed by atoms with Crippen LogP contribution in [0.3, 0.4) is 0 Å². The molecule has 1 aromatic carbocycles. The van der Waals surface area contributed by atoms with Gasteiger partial charge in [-0.3, -0.25) is 10.1 Å². The van der Waals surface area contributed by atoms with Crippen LogP contribution < -0.4 is 5.32 Å². The summed E-state index contributed by atoms with van der Waals surface area (Å²) in [4.78, 5) is 27.6. The molecule has 0 aliphatic carbocycles. The molecule has 0 fully saturated rings. The van der Waals surface area contributed by atoms with Crippen LogP contribution in [0.2, 0.25) is 0 Å². The molecule has 2 heterocycles. The third-order valence-electron chi connectivity index (χ3n) is 4.55. The van der Waals surface area contributed by atoms with Crippen LogP contribution in [0.1, 0.15) is 15.4 Å². The third kappa shape index (κ3) is 7.37. The minimum atomic E-state index is -3.72.